The molecule has 0 amide bonds. The minimum absolute atomic E-state index is 0.0391. The Labute approximate surface area is 190 Å². The summed E-state index contributed by atoms with van der Waals surface area (Å²) in [4.78, 5) is 31.8. The van der Waals surface area contributed by atoms with Crippen molar-refractivity contribution < 1.29 is 13.2 Å². The van der Waals surface area contributed by atoms with E-state index in [-0.39, 0.29) is 16.4 Å². The molecule has 2 aromatic carbocycles. The average molecular weight is 469 g/mol. The zero-order chi connectivity index (χ0) is 23.6. The fraction of sp³-hybridized carbons (Fsp3) is 0.261. The number of aromatic nitrogens is 4. The van der Waals surface area contributed by atoms with Crippen molar-refractivity contribution in [2.45, 2.75) is 42.7 Å². The third-order valence-electron chi connectivity index (χ3n) is 5.40. The van der Waals surface area contributed by atoms with Gasteiger partial charge in [-0.05, 0) is 42.8 Å². The molecule has 1 N–H and O–H groups in total. The standard InChI is InChI=1S/C23H24N4O5S/c1-3-4-14-27-21-20(22(28)25-23(27)29)26(2)19(24-21)15-32-16-10-12-18(13-11-16)33(30,31)17-8-6-5-7-9-17/h5-13H,3-4,14-15H2,1-2H3,(H,25,28,29). The van der Waals surface area contributed by atoms with Crippen LogP contribution in [-0.2, 0) is 30.0 Å². The second-order valence-corrected chi connectivity index (χ2v) is 9.55. The van der Waals surface area contributed by atoms with E-state index in [0.29, 0.717) is 29.3 Å². The summed E-state index contributed by atoms with van der Waals surface area (Å²) in [6, 6.07) is 14.3. The van der Waals surface area contributed by atoms with E-state index in [1.165, 1.54) is 16.7 Å². The van der Waals surface area contributed by atoms with Gasteiger partial charge in [0.25, 0.3) is 5.56 Å². The van der Waals surface area contributed by atoms with Crippen molar-refractivity contribution in [2.24, 2.45) is 7.05 Å². The number of fused-ring (bicyclic) bond motifs is 1. The molecular weight excluding hydrogens is 444 g/mol. The summed E-state index contributed by atoms with van der Waals surface area (Å²) in [7, 11) is -1.92. The molecule has 0 unspecified atom stereocenters. The van der Waals surface area contributed by atoms with Gasteiger partial charge < -0.3 is 9.30 Å². The van der Waals surface area contributed by atoms with Crippen LogP contribution >= 0.6 is 0 Å². The molecule has 0 aliphatic rings. The lowest BCUT2D eigenvalue weighted by atomic mass is 10.3. The zero-order valence-corrected chi connectivity index (χ0v) is 19.1. The highest BCUT2D eigenvalue weighted by Crippen LogP contribution is 2.23. The van der Waals surface area contributed by atoms with E-state index in [9.17, 15) is 18.0 Å². The molecule has 0 saturated carbocycles. The van der Waals surface area contributed by atoms with Gasteiger partial charge in [0, 0.05) is 13.6 Å². The molecule has 0 aliphatic carbocycles. The van der Waals surface area contributed by atoms with Crippen LogP contribution in [0.15, 0.2) is 74.0 Å². The van der Waals surface area contributed by atoms with Gasteiger partial charge in [-0.3, -0.25) is 14.3 Å². The van der Waals surface area contributed by atoms with Crippen molar-refractivity contribution in [2.75, 3.05) is 0 Å². The summed E-state index contributed by atoms with van der Waals surface area (Å²) >= 11 is 0. The molecule has 0 fully saturated rings. The summed E-state index contributed by atoms with van der Waals surface area (Å²) in [5.74, 6) is 0.915. The first-order valence-electron chi connectivity index (χ1n) is 10.5. The van der Waals surface area contributed by atoms with Crippen molar-refractivity contribution in [1.29, 1.82) is 0 Å². The lowest BCUT2D eigenvalue weighted by Crippen LogP contribution is -2.31. The Kier molecular flexibility index (Phi) is 6.19. The molecule has 9 nitrogen and oxygen atoms in total. The first-order chi connectivity index (χ1) is 15.8. The highest BCUT2D eigenvalue weighted by atomic mass is 32.2. The van der Waals surface area contributed by atoms with Gasteiger partial charge >= 0.3 is 5.69 Å². The Morgan fingerprint density at radius 3 is 2.33 bits per heavy atom. The van der Waals surface area contributed by atoms with Crippen LogP contribution < -0.4 is 16.0 Å². The molecule has 0 aliphatic heterocycles. The first-order valence-corrected chi connectivity index (χ1v) is 12.0. The number of unbranched alkanes of at least 4 members (excludes halogenated alkanes) is 1. The highest BCUT2D eigenvalue weighted by molar-refractivity contribution is 7.91. The predicted molar refractivity (Wildman–Crippen MR) is 123 cm³/mol. The van der Waals surface area contributed by atoms with Gasteiger partial charge in [-0.25, -0.2) is 18.2 Å². The lowest BCUT2D eigenvalue weighted by molar-refractivity contribution is 0.292. The van der Waals surface area contributed by atoms with Gasteiger partial charge in [-0.15, -0.1) is 0 Å². The van der Waals surface area contributed by atoms with Crippen LogP contribution in [0.25, 0.3) is 11.2 Å². The Hall–Kier alpha value is -3.66. The van der Waals surface area contributed by atoms with Crippen LogP contribution in [0, 0.1) is 0 Å². The monoisotopic (exact) mass is 468 g/mol. The summed E-state index contributed by atoms with van der Waals surface area (Å²) in [6.07, 6.45) is 1.67. The molecule has 0 bridgehead atoms. The van der Waals surface area contributed by atoms with Gasteiger partial charge in [-0.2, -0.15) is 0 Å². The molecule has 10 heteroatoms. The molecule has 0 spiro atoms. The van der Waals surface area contributed by atoms with Gasteiger partial charge in [0.1, 0.15) is 18.2 Å². The number of nitrogens with one attached hydrogen (secondary N) is 1. The van der Waals surface area contributed by atoms with Crippen molar-refractivity contribution in [3.8, 4) is 5.75 Å². The minimum atomic E-state index is -3.61. The largest absolute Gasteiger partial charge is 0.486 e. The molecule has 33 heavy (non-hydrogen) atoms. The number of imidazole rings is 1. The number of nitrogens with zero attached hydrogens (tertiary/aromatic N) is 3. The van der Waals surface area contributed by atoms with Crippen LogP contribution in [0.5, 0.6) is 5.75 Å². The number of sulfone groups is 1. The van der Waals surface area contributed by atoms with E-state index < -0.39 is 21.1 Å². The molecular formula is C23H24N4O5S. The Morgan fingerprint density at radius 2 is 1.67 bits per heavy atom. The number of hydrogen-bond acceptors (Lipinski definition) is 6. The normalized spacial score (nSPS) is 11.7. The number of rotatable bonds is 8. The lowest BCUT2D eigenvalue weighted by Gasteiger charge is -2.08. The average Bonchev–Trinajstić information content (AvgIpc) is 3.15. The molecule has 0 saturated heterocycles. The quantitative estimate of drug-likeness (QED) is 0.425. The maximum Gasteiger partial charge on any atom is 0.330 e. The maximum atomic E-state index is 12.7. The van der Waals surface area contributed by atoms with Crippen LogP contribution in [0.2, 0.25) is 0 Å². The molecule has 172 valence electrons. The van der Waals surface area contributed by atoms with E-state index in [1.807, 2.05) is 6.92 Å². The van der Waals surface area contributed by atoms with Crippen molar-refractivity contribution in [1.82, 2.24) is 19.1 Å². The number of hydrogen-bond donors (Lipinski definition) is 1. The van der Waals surface area contributed by atoms with Gasteiger partial charge in [0.2, 0.25) is 9.84 Å². The fourth-order valence-corrected chi connectivity index (χ4v) is 4.82. The smallest absolute Gasteiger partial charge is 0.330 e. The molecule has 2 heterocycles. The molecule has 0 atom stereocenters. The van der Waals surface area contributed by atoms with Gasteiger partial charge in [-0.1, -0.05) is 31.5 Å². The molecule has 4 rings (SSSR count). The Balaban J connectivity index is 1.58. The SMILES string of the molecule is CCCCn1c(=O)[nH]c(=O)c2c1nc(COc1ccc(S(=O)(=O)c3ccccc3)cc1)n2C. The summed E-state index contributed by atoms with van der Waals surface area (Å²) < 4.78 is 34.3. The summed E-state index contributed by atoms with van der Waals surface area (Å²) in [6.45, 7) is 2.51. The number of benzene rings is 2. The number of aromatic amines is 1. The second-order valence-electron chi connectivity index (χ2n) is 7.60. The maximum absolute atomic E-state index is 12.7. The van der Waals surface area contributed by atoms with Crippen molar-refractivity contribution >= 4 is 21.0 Å². The molecule has 2 aromatic heterocycles. The number of H-pyrrole nitrogens is 1. The topological polar surface area (TPSA) is 116 Å². The van der Waals surface area contributed by atoms with E-state index in [1.54, 1.807) is 54.1 Å². The summed E-state index contributed by atoms with van der Waals surface area (Å²) in [5, 5.41) is 0. The minimum Gasteiger partial charge on any atom is -0.486 e. The van der Waals surface area contributed by atoms with E-state index in [4.69, 9.17) is 4.74 Å². The second kappa shape index (κ2) is 9.07. The highest BCUT2D eigenvalue weighted by Gasteiger charge is 2.18. The van der Waals surface area contributed by atoms with Crippen LogP contribution in [0.3, 0.4) is 0 Å². The fourth-order valence-electron chi connectivity index (χ4n) is 3.54. The molecule has 0 radical (unpaired) electrons. The van der Waals surface area contributed by atoms with E-state index >= 15 is 0 Å². The predicted octanol–water partition coefficient (Wildman–Crippen LogP) is 2.64. The van der Waals surface area contributed by atoms with Gasteiger partial charge in [0.05, 0.1) is 9.79 Å². The van der Waals surface area contributed by atoms with Crippen LogP contribution in [0.1, 0.15) is 25.6 Å². The molecule has 4 aromatic rings. The number of aryl methyl sites for hydroxylation is 2. The van der Waals surface area contributed by atoms with Crippen LogP contribution in [-0.4, -0.2) is 27.5 Å². The van der Waals surface area contributed by atoms with Crippen LogP contribution in [0.4, 0.5) is 0 Å². The van der Waals surface area contributed by atoms with Crippen molar-refractivity contribution in [3.63, 3.8) is 0 Å². The third kappa shape index (κ3) is 4.34. The Morgan fingerprint density at radius 1 is 1.00 bits per heavy atom. The zero-order valence-electron chi connectivity index (χ0n) is 18.3. The van der Waals surface area contributed by atoms with E-state index in [0.717, 1.165) is 12.8 Å². The van der Waals surface area contributed by atoms with E-state index in [2.05, 4.69) is 9.97 Å². The number of ether oxygens (including phenoxy) is 1. The van der Waals surface area contributed by atoms with Crippen molar-refractivity contribution in [3.05, 3.63) is 81.3 Å². The third-order valence-corrected chi connectivity index (χ3v) is 7.18. The van der Waals surface area contributed by atoms with Gasteiger partial charge in [0.15, 0.2) is 11.2 Å². The Bertz CT molecular complexity index is 1500. The summed E-state index contributed by atoms with van der Waals surface area (Å²) in [5.41, 5.74) is -0.364. The first kappa shape index (κ1) is 22.5.